The van der Waals surface area contributed by atoms with Crippen molar-refractivity contribution in [2.75, 3.05) is 13.1 Å². The van der Waals surface area contributed by atoms with E-state index in [1.54, 1.807) is 28.9 Å². The standard InChI is InChI=1S/C23H20FN5O/c24-19-7-3-5-16(13-19)17-9-10-21-26-22(27-29(21)15-17)18-6-4-12-28(14-18)23(30)20-8-1-2-11-25-20/h1-3,5,7-11,13,15,18H,4,6,12,14H2/t18-/m0/s1. The molecule has 1 aliphatic rings. The fraction of sp³-hybridized carbons (Fsp3) is 0.217. The van der Waals surface area contributed by atoms with E-state index in [2.05, 4.69) is 15.1 Å². The summed E-state index contributed by atoms with van der Waals surface area (Å²) in [7, 11) is 0. The fourth-order valence-electron chi connectivity index (χ4n) is 3.94. The Morgan fingerprint density at radius 3 is 2.83 bits per heavy atom. The largest absolute Gasteiger partial charge is 0.337 e. The number of hydrogen-bond acceptors (Lipinski definition) is 4. The van der Waals surface area contributed by atoms with Gasteiger partial charge in [0.05, 0.1) is 0 Å². The van der Waals surface area contributed by atoms with E-state index >= 15 is 0 Å². The summed E-state index contributed by atoms with van der Waals surface area (Å²) in [6, 6.07) is 15.6. The van der Waals surface area contributed by atoms with Crippen LogP contribution in [0.15, 0.2) is 67.0 Å². The number of hydrogen-bond donors (Lipinski definition) is 0. The molecular formula is C23H20FN5O. The van der Waals surface area contributed by atoms with Gasteiger partial charge in [-0.2, -0.15) is 5.10 Å². The molecule has 0 bridgehead atoms. The molecule has 5 rings (SSSR count). The number of nitrogens with zero attached hydrogens (tertiary/aromatic N) is 5. The molecular weight excluding hydrogens is 381 g/mol. The van der Waals surface area contributed by atoms with E-state index < -0.39 is 0 Å². The van der Waals surface area contributed by atoms with Gasteiger partial charge in [0.25, 0.3) is 5.91 Å². The second-order valence-electron chi connectivity index (χ2n) is 7.51. The molecule has 0 unspecified atom stereocenters. The molecule has 30 heavy (non-hydrogen) atoms. The molecule has 150 valence electrons. The third-order valence-corrected chi connectivity index (χ3v) is 5.46. The van der Waals surface area contributed by atoms with Gasteiger partial charge in [0, 0.05) is 37.0 Å². The summed E-state index contributed by atoms with van der Waals surface area (Å²) < 4.78 is 15.3. The van der Waals surface area contributed by atoms with Crippen LogP contribution in [0.4, 0.5) is 4.39 Å². The Balaban J connectivity index is 1.39. The van der Waals surface area contributed by atoms with Gasteiger partial charge < -0.3 is 4.90 Å². The smallest absolute Gasteiger partial charge is 0.272 e. The molecule has 3 aromatic heterocycles. The van der Waals surface area contributed by atoms with E-state index in [0.29, 0.717) is 18.8 Å². The van der Waals surface area contributed by atoms with Crippen LogP contribution in [0.25, 0.3) is 16.8 Å². The molecule has 0 aliphatic carbocycles. The number of carbonyl (C=O) groups excluding carboxylic acids is 1. The fourth-order valence-corrected chi connectivity index (χ4v) is 3.94. The average molecular weight is 401 g/mol. The number of fused-ring (bicyclic) bond motifs is 1. The molecule has 1 amide bonds. The van der Waals surface area contributed by atoms with Crippen LogP contribution in [-0.4, -0.2) is 43.5 Å². The Bertz CT molecular complexity index is 1210. The number of pyridine rings is 2. The maximum absolute atomic E-state index is 13.6. The van der Waals surface area contributed by atoms with Crippen molar-refractivity contribution in [2.45, 2.75) is 18.8 Å². The molecule has 6 nitrogen and oxygen atoms in total. The molecule has 1 atom stereocenters. The lowest BCUT2D eigenvalue weighted by Crippen LogP contribution is -2.39. The molecule has 0 spiro atoms. The molecule has 0 radical (unpaired) electrons. The van der Waals surface area contributed by atoms with Crippen molar-refractivity contribution in [1.82, 2.24) is 24.5 Å². The van der Waals surface area contributed by atoms with E-state index in [0.717, 1.165) is 35.4 Å². The minimum atomic E-state index is -0.272. The highest BCUT2D eigenvalue weighted by molar-refractivity contribution is 5.92. The summed E-state index contributed by atoms with van der Waals surface area (Å²) in [6.07, 6.45) is 5.32. The Morgan fingerprint density at radius 1 is 1.07 bits per heavy atom. The van der Waals surface area contributed by atoms with Crippen molar-refractivity contribution in [3.63, 3.8) is 0 Å². The summed E-state index contributed by atoms with van der Waals surface area (Å²) in [5.41, 5.74) is 2.85. The second-order valence-corrected chi connectivity index (χ2v) is 7.51. The first-order valence-electron chi connectivity index (χ1n) is 10.00. The molecule has 0 saturated carbocycles. The highest BCUT2D eigenvalue weighted by Gasteiger charge is 2.28. The minimum absolute atomic E-state index is 0.0579. The number of amides is 1. The summed E-state index contributed by atoms with van der Waals surface area (Å²) in [5.74, 6) is 0.470. The Kier molecular flexibility index (Phi) is 4.71. The van der Waals surface area contributed by atoms with Crippen molar-refractivity contribution in [2.24, 2.45) is 0 Å². The van der Waals surface area contributed by atoms with Gasteiger partial charge >= 0.3 is 0 Å². The van der Waals surface area contributed by atoms with Crippen LogP contribution in [0.2, 0.25) is 0 Å². The number of benzene rings is 1. The molecule has 1 saturated heterocycles. The van der Waals surface area contributed by atoms with Gasteiger partial charge in [-0.3, -0.25) is 9.78 Å². The highest BCUT2D eigenvalue weighted by atomic mass is 19.1. The second kappa shape index (κ2) is 7.67. The molecule has 0 N–H and O–H groups in total. The van der Waals surface area contributed by atoms with Crippen LogP contribution in [-0.2, 0) is 0 Å². The lowest BCUT2D eigenvalue weighted by atomic mass is 9.97. The van der Waals surface area contributed by atoms with Crippen LogP contribution in [0.1, 0.15) is 35.1 Å². The molecule has 4 aromatic rings. The third kappa shape index (κ3) is 3.54. The normalized spacial score (nSPS) is 16.7. The predicted octanol–water partition coefficient (Wildman–Crippen LogP) is 3.95. The van der Waals surface area contributed by atoms with Crippen molar-refractivity contribution < 1.29 is 9.18 Å². The lowest BCUT2D eigenvalue weighted by Gasteiger charge is -2.31. The number of likely N-dealkylation sites (tertiary alicyclic amines) is 1. The zero-order chi connectivity index (χ0) is 20.5. The number of piperidine rings is 1. The Labute approximate surface area is 173 Å². The number of rotatable bonds is 3. The van der Waals surface area contributed by atoms with E-state index in [1.807, 2.05) is 35.4 Å². The molecule has 1 aromatic carbocycles. The van der Waals surface area contributed by atoms with Gasteiger partial charge in [-0.1, -0.05) is 18.2 Å². The first-order chi connectivity index (χ1) is 14.7. The van der Waals surface area contributed by atoms with Crippen LogP contribution < -0.4 is 0 Å². The van der Waals surface area contributed by atoms with E-state index in [9.17, 15) is 9.18 Å². The van der Waals surface area contributed by atoms with Gasteiger partial charge in [-0.05, 0) is 54.8 Å². The Hall–Kier alpha value is -3.61. The quantitative estimate of drug-likeness (QED) is 0.521. The SMILES string of the molecule is O=C(c1ccccn1)N1CCC[C@H](c2nc3ccc(-c4cccc(F)c4)cn3n2)C1. The van der Waals surface area contributed by atoms with Crippen molar-refractivity contribution in [3.05, 3.63) is 84.3 Å². The molecule has 4 heterocycles. The molecule has 1 aliphatic heterocycles. The maximum Gasteiger partial charge on any atom is 0.272 e. The average Bonchev–Trinajstić information content (AvgIpc) is 3.23. The Morgan fingerprint density at radius 2 is 2.00 bits per heavy atom. The van der Waals surface area contributed by atoms with Crippen LogP contribution in [0.3, 0.4) is 0 Å². The van der Waals surface area contributed by atoms with Crippen molar-refractivity contribution in [1.29, 1.82) is 0 Å². The zero-order valence-corrected chi connectivity index (χ0v) is 16.3. The number of halogens is 1. The number of aromatic nitrogens is 4. The van der Waals surface area contributed by atoms with Gasteiger partial charge in [0.15, 0.2) is 11.5 Å². The molecule has 7 heteroatoms. The summed E-state index contributed by atoms with van der Waals surface area (Å²) in [5, 5.41) is 4.67. The minimum Gasteiger partial charge on any atom is -0.337 e. The zero-order valence-electron chi connectivity index (χ0n) is 16.3. The lowest BCUT2D eigenvalue weighted by molar-refractivity contribution is 0.0698. The van der Waals surface area contributed by atoms with Crippen molar-refractivity contribution in [3.8, 4) is 11.1 Å². The van der Waals surface area contributed by atoms with E-state index in [4.69, 9.17) is 0 Å². The monoisotopic (exact) mass is 401 g/mol. The summed E-state index contributed by atoms with van der Waals surface area (Å²) >= 11 is 0. The van der Waals surface area contributed by atoms with Gasteiger partial charge in [0.2, 0.25) is 0 Å². The summed E-state index contributed by atoms with van der Waals surface area (Å²) in [4.78, 5) is 23.5. The van der Waals surface area contributed by atoms with Crippen LogP contribution in [0, 0.1) is 5.82 Å². The summed E-state index contributed by atoms with van der Waals surface area (Å²) in [6.45, 7) is 1.28. The molecule has 1 fully saturated rings. The van der Waals surface area contributed by atoms with Crippen LogP contribution in [0.5, 0.6) is 0 Å². The third-order valence-electron chi connectivity index (χ3n) is 5.46. The maximum atomic E-state index is 13.6. The highest BCUT2D eigenvalue weighted by Crippen LogP contribution is 2.27. The number of carbonyl (C=O) groups is 1. The first-order valence-corrected chi connectivity index (χ1v) is 10.00. The first kappa shape index (κ1) is 18.4. The predicted molar refractivity (Wildman–Crippen MR) is 110 cm³/mol. The van der Waals surface area contributed by atoms with E-state index in [1.165, 1.54) is 12.1 Å². The van der Waals surface area contributed by atoms with E-state index in [-0.39, 0.29) is 17.6 Å². The van der Waals surface area contributed by atoms with Crippen molar-refractivity contribution >= 4 is 11.6 Å². The van der Waals surface area contributed by atoms with Gasteiger partial charge in [0.1, 0.15) is 11.5 Å². The van der Waals surface area contributed by atoms with Gasteiger partial charge in [-0.15, -0.1) is 0 Å². The van der Waals surface area contributed by atoms with Gasteiger partial charge in [-0.25, -0.2) is 13.9 Å². The topological polar surface area (TPSA) is 63.4 Å². The van der Waals surface area contributed by atoms with Crippen LogP contribution >= 0.6 is 0 Å².